The fourth-order valence-corrected chi connectivity index (χ4v) is 1.80. The molecule has 0 saturated carbocycles. The average molecular weight is 318 g/mol. The molecule has 0 bridgehead atoms. The fraction of sp³-hybridized carbons (Fsp3) is 0.0526. The summed E-state index contributed by atoms with van der Waals surface area (Å²) in [5.41, 5.74) is 4.56. The molecule has 5 nitrogen and oxygen atoms in total. The monoisotopic (exact) mass is 318 g/mol. The number of benzene rings is 1. The summed E-state index contributed by atoms with van der Waals surface area (Å²) in [5.74, 6) is 10.1. The van der Waals surface area contributed by atoms with E-state index in [4.69, 9.17) is 10.3 Å². The zero-order chi connectivity index (χ0) is 17.4. The normalized spacial score (nSPS) is 9.08. The average Bonchev–Trinajstić information content (AvgIpc) is 2.65. The SMILES string of the molecule is C=C(C#CC#Cc1ccc(-c2ccnc(C(=O)NO)c2)cc1)CO. The van der Waals surface area contributed by atoms with E-state index in [1.54, 1.807) is 17.6 Å². The van der Waals surface area contributed by atoms with Crippen molar-refractivity contribution in [2.45, 2.75) is 0 Å². The van der Waals surface area contributed by atoms with Crippen LogP contribution in [-0.2, 0) is 0 Å². The van der Waals surface area contributed by atoms with Gasteiger partial charge in [0.15, 0.2) is 0 Å². The molecule has 1 heterocycles. The summed E-state index contributed by atoms with van der Waals surface area (Å²) >= 11 is 0. The number of carbonyl (C=O) groups excluding carboxylic acids is 1. The zero-order valence-corrected chi connectivity index (χ0v) is 12.7. The number of hydroxylamine groups is 1. The Morgan fingerprint density at radius 2 is 1.92 bits per heavy atom. The third-order valence-corrected chi connectivity index (χ3v) is 3.01. The fourth-order valence-electron chi connectivity index (χ4n) is 1.80. The molecule has 0 atom stereocenters. The molecule has 0 aliphatic heterocycles. The number of carbonyl (C=O) groups is 1. The van der Waals surface area contributed by atoms with Crippen LogP contribution in [0.25, 0.3) is 11.1 Å². The quantitative estimate of drug-likeness (QED) is 0.458. The Labute approximate surface area is 139 Å². The van der Waals surface area contributed by atoms with E-state index < -0.39 is 5.91 Å². The van der Waals surface area contributed by atoms with Gasteiger partial charge in [0.1, 0.15) is 5.69 Å². The van der Waals surface area contributed by atoms with Crippen molar-refractivity contribution >= 4 is 5.91 Å². The van der Waals surface area contributed by atoms with Gasteiger partial charge in [-0.1, -0.05) is 30.6 Å². The smallest absolute Gasteiger partial charge is 0.293 e. The van der Waals surface area contributed by atoms with Crippen molar-refractivity contribution in [2.75, 3.05) is 6.61 Å². The third-order valence-electron chi connectivity index (χ3n) is 3.01. The van der Waals surface area contributed by atoms with E-state index >= 15 is 0 Å². The Bertz CT molecular complexity index is 879. The van der Waals surface area contributed by atoms with Crippen molar-refractivity contribution in [2.24, 2.45) is 0 Å². The molecule has 1 amide bonds. The molecule has 0 spiro atoms. The lowest BCUT2D eigenvalue weighted by Crippen LogP contribution is -2.19. The maximum atomic E-state index is 11.4. The number of aromatic nitrogens is 1. The predicted octanol–water partition coefficient (Wildman–Crippen LogP) is 1.77. The molecular weight excluding hydrogens is 304 g/mol. The van der Waals surface area contributed by atoms with Crippen molar-refractivity contribution in [3.05, 3.63) is 66.0 Å². The van der Waals surface area contributed by atoms with E-state index in [9.17, 15) is 4.79 Å². The first-order chi connectivity index (χ1) is 11.6. The van der Waals surface area contributed by atoms with Crippen LogP contribution in [0.1, 0.15) is 16.1 Å². The maximum absolute atomic E-state index is 11.4. The predicted molar refractivity (Wildman–Crippen MR) is 89.8 cm³/mol. The van der Waals surface area contributed by atoms with Crippen LogP contribution in [-0.4, -0.2) is 27.8 Å². The first kappa shape index (κ1) is 17.0. The van der Waals surface area contributed by atoms with Crippen LogP contribution in [0.5, 0.6) is 0 Å². The Kier molecular flexibility index (Phi) is 5.88. The lowest BCUT2D eigenvalue weighted by Gasteiger charge is -2.04. The second kappa shape index (κ2) is 8.30. The molecule has 0 aliphatic carbocycles. The molecule has 5 heteroatoms. The molecule has 1 aromatic carbocycles. The molecule has 0 unspecified atom stereocenters. The van der Waals surface area contributed by atoms with Gasteiger partial charge in [-0.3, -0.25) is 15.0 Å². The van der Waals surface area contributed by atoms with Crippen molar-refractivity contribution in [1.29, 1.82) is 0 Å². The minimum Gasteiger partial charge on any atom is -0.391 e. The van der Waals surface area contributed by atoms with Gasteiger partial charge in [-0.2, -0.15) is 0 Å². The number of aliphatic hydroxyl groups is 1. The van der Waals surface area contributed by atoms with Gasteiger partial charge in [0.25, 0.3) is 5.91 Å². The molecule has 118 valence electrons. The van der Waals surface area contributed by atoms with E-state index in [1.165, 1.54) is 6.20 Å². The van der Waals surface area contributed by atoms with Crippen LogP contribution in [0.15, 0.2) is 54.7 Å². The molecule has 2 rings (SSSR count). The van der Waals surface area contributed by atoms with Crippen LogP contribution in [0, 0.1) is 23.7 Å². The van der Waals surface area contributed by atoms with Crippen molar-refractivity contribution < 1.29 is 15.1 Å². The molecule has 3 N–H and O–H groups in total. The van der Waals surface area contributed by atoms with E-state index in [-0.39, 0.29) is 12.3 Å². The van der Waals surface area contributed by atoms with Crippen LogP contribution >= 0.6 is 0 Å². The number of aliphatic hydroxyl groups excluding tert-OH is 1. The summed E-state index contributed by atoms with van der Waals surface area (Å²) in [6.07, 6.45) is 1.50. The lowest BCUT2D eigenvalue weighted by molar-refractivity contribution is 0.0701. The molecule has 0 aliphatic rings. The van der Waals surface area contributed by atoms with Crippen LogP contribution in [0.4, 0.5) is 0 Å². The number of hydrogen-bond acceptors (Lipinski definition) is 4. The molecule has 0 saturated heterocycles. The Balaban J connectivity index is 2.18. The second-order valence-electron chi connectivity index (χ2n) is 4.71. The highest BCUT2D eigenvalue weighted by Crippen LogP contribution is 2.19. The van der Waals surface area contributed by atoms with Crippen molar-refractivity contribution in [3.8, 4) is 34.8 Å². The van der Waals surface area contributed by atoms with E-state index in [0.717, 1.165) is 16.7 Å². The summed E-state index contributed by atoms with van der Waals surface area (Å²) in [6, 6.07) is 10.7. The number of nitrogens with zero attached hydrogens (tertiary/aromatic N) is 1. The van der Waals surface area contributed by atoms with E-state index in [1.807, 2.05) is 24.3 Å². The van der Waals surface area contributed by atoms with Crippen LogP contribution < -0.4 is 5.48 Å². The first-order valence-corrected chi connectivity index (χ1v) is 6.95. The largest absolute Gasteiger partial charge is 0.391 e. The lowest BCUT2D eigenvalue weighted by atomic mass is 10.0. The Hall–Kier alpha value is -3.38. The number of hydrogen-bond donors (Lipinski definition) is 3. The van der Waals surface area contributed by atoms with Gasteiger partial charge in [0, 0.05) is 17.3 Å². The summed E-state index contributed by atoms with van der Waals surface area (Å²) < 4.78 is 0. The van der Waals surface area contributed by atoms with Gasteiger partial charge in [-0.25, -0.2) is 5.48 Å². The summed E-state index contributed by atoms with van der Waals surface area (Å²) in [7, 11) is 0. The minimum absolute atomic E-state index is 0.123. The summed E-state index contributed by atoms with van der Waals surface area (Å²) in [6.45, 7) is 3.37. The third kappa shape index (κ3) is 4.56. The number of pyridine rings is 1. The van der Waals surface area contributed by atoms with E-state index in [0.29, 0.717) is 5.57 Å². The number of amides is 1. The van der Waals surface area contributed by atoms with Crippen molar-refractivity contribution in [3.63, 3.8) is 0 Å². The zero-order valence-electron chi connectivity index (χ0n) is 12.7. The number of nitrogens with one attached hydrogen (secondary N) is 1. The highest BCUT2D eigenvalue weighted by Gasteiger charge is 2.07. The molecule has 0 fully saturated rings. The molecule has 1 aromatic heterocycles. The highest BCUT2D eigenvalue weighted by atomic mass is 16.5. The maximum Gasteiger partial charge on any atom is 0.293 e. The van der Waals surface area contributed by atoms with Crippen LogP contribution in [0.2, 0.25) is 0 Å². The van der Waals surface area contributed by atoms with Crippen LogP contribution in [0.3, 0.4) is 0 Å². The van der Waals surface area contributed by atoms with E-state index in [2.05, 4.69) is 35.2 Å². The second-order valence-corrected chi connectivity index (χ2v) is 4.71. The Morgan fingerprint density at radius 1 is 1.17 bits per heavy atom. The van der Waals surface area contributed by atoms with Gasteiger partial charge in [0.2, 0.25) is 0 Å². The van der Waals surface area contributed by atoms with Gasteiger partial charge < -0.3 is 5.11 Å². The topological polar surface area (TPSA) is 82.5 Å². The summed E-state index contributed by atoms with van der Waals surface area (Å²) in [4.78, 5) is 15.3. The molecule has 24 heavy (non-hydrogen) atoms. The molecular formula is C19H14N2O3. The minimum atomic E-state index is -0.664. The molecule has 0 radical (unpaired) electrons. The first-order valence-electron chi connectivity index (χ1n) is 6.95. The standard InChI is InChI=1S/C19H14N2O3/c1-14(13-22)4-2-3-5-15-6-8-16(9-7-15)17-10-11-20-18(12-17)19(23)21-24/h6-12,22,24H,1,13H2,(H,21,23). The molecule has 2 aromatic rings. The van der Waals surface area contributed by atoms with Gasteiger partial charge in [-0.15, -0.1) is 0 Å². The number of rotatable bonds is 3. The summed E-state index contributed by atoms with van der Waals surface area (Å²) in [5, 5.41) is 17.4. The Morgan fingerprint density at radius 3 is 2.58 bits per heavy atom. The van der Waals surface area contributed by atoms with Gasteiger partial charge in [-0.05, 0) is 47.2 Å². The highest BCUT2D eigenvalue weighted by molar-refractivity contribution is 5.92. The van der Waals surface area contributed by atoms with Crippen molar-refractivity contribution in [1.82, 2.24) is 10.5 Å². The van der Waals surface area contributed by atoms with Gasteiger partial charge >= 0.3 is 0 Å². The van der Waals surface area contributed by atoms with Gasteiger partial charge in [0.05, 0.1) is 6.61 Å².